The molecule has 0 saturated heterocycles. The number of hydrogen-bond acceptors (Lipinski definition) is 6. The molecule has 0 bridgehead atoms. The SMILES string of the molecule is CC(c1ncncc1F)C(O)(Cn1cncn1)c1ccc(F)cc1F.CCO. The normalized spacial score (nSPS) is 14.0. The van der Waals surface area contributed by atoms with Crippen molar-refractivity contribution in [3.8, 4) is 0 Å². The van der Waals surface area contributed by atoms with E-state index in [0.717, 1.165) is 24.7 Å². The Morgan fingerprint density at radius 3 is 2.43 bits per heavy atom. The summed E-state index contributed by atoms with van der Waals surface area (Å²) < 4.78 is 43.0. The van der Waals surface area contributed by atoms with E-state index in [-0.39, 0.29) is 24.4 Å². The zero-order valence-electron chi connectivity index (χ0n) is 15.3. The summed E-state index contributed by atoms with van der Waals surface area (Å²) in [6.45, 7) is 3.19. The lowest BCUT2D eigenvalue weighted by Gasteiger charge is -2.34. The number of nitrogens with zero attached hydrogens (tertiary/aromatic N) is 5. The van der Waals surface area contributed by atoms with E-state index in [0.29, 0.717) is 6.07 Å². The Labute approximate surface area is 159 Å². The molecule has 0 radical (unpaired) electrons. The molecule has 0 aliphatic rings. The fourth-order valence-corrected chi connectivity index (χ4v) is 2.72. The van der Waals surface area contributed by atoms with E-state index in [2.05, 4.69) is 20.1 Å². The molecule has 0 aliphatic heterocycles. The number of benzene rings is 1. The molecule has 0 amide bonds. The summed E-state index contributed by atoms with van der Waals surface area (Å²) in [6.07, 6.45) is 4.66. The molecule has 7 nitrogen and oxygen atoms in total. The third-order valence-electron chi connectivity index (χ3n) is 4.09. The molecular weight excluding hydrogens is 375 g/mol. The van der Waals surface area contributed by atoms with Crippen LogP contribution < -0.4 is 0 Å². The first-order chi connectivity index (χ1) is 13.3. The maximum atomic E-state index is 14.4. The molecule has 10 heteroatoms. The Balaban J connectivity index is 0.000000878. The van der Waals surface area contributed by atoms with Crippen molar-refractivity contribution >= 4 is 0 Å². The minimum atomic E-state index is -1.96. The molecule has 2 heterocycles. The van der Waals surface area contributed by atoms with Crippen LogP contribution in [0.3, 0.4) is 0 Å². The highest BCUT2D eigenvalue weighted by Crippen LogP contribution is 2.39. The second kappa shape index (κ2) is 9.38. The van der Waals surface area contributed by atoms with Gasteiger partial charge >= 0.3 is 0 Å². The van der Waals surface area contributed by atoms with Crippen LogP contribution in [-0.4, -0.2) is 41.6 Å². The first kappa shape index (κ1) is 21.5. The van der Waals surface area contributed by atoms with E-state index in [1.54, 1.807) is 6.92 Å². The molecule has 0 fully saturated rings. The standard InChI is InChI=1S/C16H14F3N5O.C2H6O/c1-10(15-14(19)5-20-7-22-15)16(25,6-24-9-21-8-23-24)12-3-2-11(17)4-13(12)18;1-2-3/h2-5,7-10,25H,6H2,1H3;3H,2H2,1H3. The zero-order valence-corrected chi connectivity index (χ0v) is 15.3. The van der Waals surface area contributed by atoms with Crippen molar-refractivity contribution in [2.24, 2.45) is 0 Å². The van der Waals surface area contributed by atoms with E-state index in [1.807, 2.05) is 0 Å². The molecule has 1 aromatic carbocycles. The molecule has 2 N–H and O–H groups in total. The van der Waals surface area contributed by atoms with Crippen LogP contribution in [0.1, 0.15) is 31.0 Å². The molecule has 0 spiro atoms. The first-order valence-electron chi connectivity index (χ1n) is 8.40. The van der Waals surface area contributed by atoms with Crippen LogP contribution in [0.5, 0.6) is 0 Å². The lowest BCUT2D eigenvalue weighted by Crippen LogP contribution is -2.39. The average Bonchev–Trinajstić information content (AvgIpc) is 3.15. The van der Waals surface area contributed by atoms with Crippen LogP contribution in [0, 0.1) is 17.5 Å². The fourth-order valence-electron chi connectivity index (χ4n) is 2.72. The van der Waals surface area contributed by atoms with Crippen molar-refractivity contribution in [3.63, 3.8) is 0 Å². The third-order valence-corrected chi connectivity index (χ3v) is 4.09. The summed E-state index contributed by atoms with van der Waals surface area (Å²) in [5.74, 6) is -3.47. The van der Waals surface area contributed by atoms with Gasteiger partial charge in [0.25, 0.3) is 0 Å². The Bertz CT molecular complexity index is 895. The van der Waals surface area contributed by atoms with Crippen LogP contribution in [0.2, 0.25) is 0 Å². The predicted octanol–water partition coefficient (Wildman–Crippen LogP) is 2.18. The maximum Gasteiger partial charge on any atom is 0.163 e. The molecule has 150 valence electrons. The third kappa shape index (κ3) is 4.70. The van der Waals surface area contributed by atoms with Gasteiger partial charge in [0.1, 0.15) is 36.2 Å². The molecule has 28 heavy (non-hydrogen) atoms. The fraction of sp³-hybridized carbons (Fsp3) is 0.333. The molecule has 0 aliphatic carbocycles. The minimum Gasteiger partial charge on any atom is -0.397 e. The summed E-state index contributed by atoms with van der Waals surface area (Å²) in [4.78, 5) is 11.2. The Morgan fingerprint density at radius 1 is 1.14 bits per heavy atom. The average molecular weight is 395 g/mol. The van der Waals surface area contributed by atoms with Crippen molar-refractivity contribution in [2.45, 2.75) is 31.9 Å². The topological polar surface area (TPSA) is 97.0 Å². The van der Waals surface area contributed by atoms with Gasteiger partial charge in [0.2, 0.25) is 0 Å². The highest BCUT2D eigenvalue weighted by molar-refractivity contribution is 5.30. The number of hydrogen-bond donors (Lipinski definition) is 2. The number of rotatable bonds is 5. The van der Waals surface area contributed by atoms with Crippen LogP contribution in [0.25, 0.3) is 0 Å². The molecule has 3 rings (SSSR count). The van der Waals surface area contributed by atoms with Crippen molar-refractivity contribution in [1.29, 1.82) is 0 Å². The van der Waals surface area contributed by atoms with Crippen molar-refractivity contribution < 1.29 is 23.4 Å². The largest absolute Gasteiger partial charge is 0.397 e. The number of aliphatic hydroxyl groups is 2. The molecule has 2 unspecified atom stereocenters. The lowest BCUT2D eigenvalue weighted by atomic mass is 9.79. The van der Waals surface area contributed by atoms with Crippen LogP contribution >= 0.6 is 0 Å². The number of halogens is 3. The lowest BCUT2D eigenvalue weighted by molar-refractivity contribution is -0.0133. The van der Waals surface area contributed by atoms with Gasteiger partial charge in [-0.3, -0.25) is 0 Å². The van der Waals surface area contributed by atoms with E-state index in [1.165, 1.54) is 24.3 Å². The van der Waals surface area contributed by atoms with Gasteiger partial charge < -0.3 is 10.2 Å². The van der Waals surface area contributed by atoms with Crippen LogP contribution in [-0.2, 0) is 12.1 Å². The molecule has 2 atom stereocenters. The molecular formula is C18H20F3N5O2. The number of aliphatic hydroxyl groups excluding tert-OH is 1. The van der Waals surface area contributed by atoms with E-state index in [9.17, 15) is 18.3 Å². The minimum absolute atomic E-state index is 0.0960. The van der Waals surface area contributed by atoms with Crippen molar-refractivity contribution in [1.82, 2.24) is 24.7 Å². The van der Waals surface area contributed by atoms with Crippen LogP contribution in [0.15, 0.2) is 43.4 Å². The van der Waals surface area contributed by atoms with Gasteiger partial charge in [0.05, 0.1) is 18.4 Å². The summed E-state index contributed by atoms with van der Waals surface area (Å²) in [6, 6.07) is 2.80. The van der Waals surface area contributed by atoms with Gasteiger partial charge in [0.15, 0.2) is 5.82 Å². The molecule has 2 aromatic heterocycles. The van der Waals surface area contributed by atoms with Gasteiger partial charge in [-0.2, -0.15) is 5.10 Å². The smallest absolute Gasteiger partial charge is 0.163 e. The first-order valence-corrected chi connectivity index (χ1v) is 8.40. The van der Waals surface area contributed by atoms with Gasteiger partial charge in [-0.25, -0.2) is 32.8 Å². The van der Waals surface area contributed by atoms with Gasteiger partial charge in [0, 0.05) is 24.2 Å². The zero-order chi connectivity index (χ0) is 20.7. The number of aromatic nitrogens is 5. The Hall–Kier alpha value is -2.85. The van der Waals surface area contributed by atoms with E-state index < -0.39 is 29.0 Å². The van der Waals surface area contributed by atoms with E-state index in [4.69, 9.17) is 5.11 Å². The summed E-state index contributed by atoms with van der Waals surface area (Å²) in [5, 5.41) is 22.8. The quantitative estimate of drug-likeness (QED) is 0.687. The second-order valence-electron chi connectivity index (χ2n) is 5.94. The summed E-state index contributed by atoms with van der Waals surface area (Å²) >= 11 is 0. The van der Waals surface area contributed by atoms with Crippen molar-refractivity contribution in [3.05, 3.63) is 72.1 Å². The molecule has 0 saturated carbocycles. The van der Waals surface area contributed by atoms with Gasteiger partial charge in [-0.05, 0) is 13.0 Å². The Kier molecular flexibility index (Phi) is 7.18. The van der Waals surface area contributed by atoms with E-state index >= 15 is 0 Å². The van der Waals surface area contributed by atoms with Gasteiger partial charge in [-0.15, -0.1) is 0 Å². The predicted molar refractivity (Wildman–Crippen MR) is 93.4 cm³/mol. The molecule has 3 aromatic rings. The summed E-state index contributed by atoms with van der Waals surface area (Å²) in [7, 11) is 0. The van der Waals surface area contributed by atoms with Gasteiger partial charge in [-0.1, -0.05) is 13.0 Å². The monoisotopic (exact) mass is 395 g/mol. The van der Waals surface area contributed by atoms with Crippen LogP contribution in [0.4, 0.5) is 13.2 Å². The summed E-state index contributed by atoms with van der Waals surface area (Å²) in [5.41, 5.74) is -2.25. The Morgan fingerprint density at radius 2 is 1.86 bits per heavy atom. The maximum absolute atomic E-state index is 14.4. The highest BCUT2D eigenvalue weighted by atomic mass is 19.1. The van der Waals surface area contributed by atoms with Crippen molar-refractivity contribution in [2.75, 3.05) is 6.61 Å². The highest BCUT2D eigenvalue weighted by Gasteiger charge is 2.41. The second-order valence-corrected chi connectivity index (χ2v) is 5.94.